The van der Waals surface area contributed by atoms with Crippen molar-refractivity contribution in [2.45, 2.75) is 38.7 Å². The topological polar surface area (TPSA) is 140 Å². The molecule has 2 N–H and O–H groups in total. The number of hydrogen-bond acceptors (Lipinski definition) is 10. The second-order valence-electron chi connectivity index (χ2n) is 5.08. The van der Waals surface area contributed by atoms with Crippen LogP contribution in [0.15, 0.2) is 17.1 Å². The molecule has 0 bridgehead atoms. The van der Waals surface area contributed by atoms with Gasteiger partial charge in [-0.3, -0.25) is 24.6 Å². The van der Waals surface area contributed by atoms with Gasteiger partial charge < -0.3 is 14.2 Å². The van der Waals surface area contributed by atoms with Gasteiger partial charge in [0.15, 0.2) is 5.82 Å². The van der Waals surface area contributed by atoms with Gasteiger partial charge in [-0.15, -0.1) is 5.23 Å². The molecule has 1 aromatic heterocycles. The van der Waals surface area contributed by atoms with Gasteiger partial charge in [0.2, 0.25) is 0 Å². The molecule has 0 unspecified atom stereocenters. The number of hydrogen-bond donors (Lipinski definition) is 2. The molecule has 2 heterocycles. The highest BCUT2D eigenvalue weighted by atomic mass is 16.8. The highest BCUT2D eigenvalue weighted by Crippen LogP contribution is 2.30. The van der Waals surface area contributed by atoms with Crippen LogP contribution >= 0.6 is 0 Å². The van der Waals surface area contributed by atoms with Crippen molar-refractivity contribution >= 4 is 17.8 Å². The lowest BCUT2D eigenvalue weighted by Gasteiger charge is -2.17. The van der Waals surface area contributed by atoms with Crippen molar-refractivity contribution in [3.63, 3.8) is 0 Å². The fraction of sp³-hybridized carbons (Fsp3) is 0.538. The molecule has 0 aromatic carbocycles. The molecule has 2 rings (SSSR count). The average molecular weight is 343 g/mol. The molecule has 1 aliphatic rings. The molecule has 11 nitrogen and oxygen atoms in total. The largest absolute Gasteiger partial charge is 0.463 e. The van der Waals surface area contributed by atoms with Gasteiger partial charge in [-0.2, -0.15) is 4.98 Å². The van der Waals surface area contributed by atoms with Crippen LogP contribution in [0.25, 0.3) is 0 Å². The van der Waals surface area contributed by atoms with Crippen LogP contribution in [0.5, 0.6) is 0 Å². The van der Waals surface area contributed by atoms with Gasteiger partial charge in [0.05, 0.1) is 0 Å². The molecule has 24 heavy (non-hydrogen) atoms. The van der Waals surface area contributed by atoms with Crippen molar-refractivity contribution in [2.75, 3.05) is 11.8 Å². The van der Waals surface area contributed by atoms with Crippen LogP contribution in [-0.4, -0.2) is 50.7 Å². The first-order valence-electron chi connectivity index (χ1n) is 7.01. The first kappa shape index (κ1) is 17.8. The van der Waals surface area contributed by atoms with E-state index in [1.54, 1.807) is 0 Å². The smallest absolute Gasteiger partial charge is 0.351 e. The third-order valence-corrected chi connectivity index (χ3v) is 3.28. The number of rotatable bonds is 5. The van der Waals surface area contributed by atoms with Gasteiger partial charge in [0.25, 0.3) is 0 Å². The molecule has 1 aliphatic heterocycles. The summed E-state index contributed by atoms with van der Waals surface area (Å²) in [7, 11) is 0. The third-order valence-electron chi connectivity index (χ3n) is 3.28. The Bertz CT molecular complexity index is 673. The Morgan fingerprint density at radius 3 is 2.67 bits per heavy atom. The third kappa shape index (κ3) is 4.28. The van der Waals surface area contributed by atoms with E-state index in [4.69, 9.17) is 24.6 Å². The number of carbonyl (C=O) groups is 2. The van der Waals surface area contributed by atoms with E-state index in [2.05, 4.69) is 4.98 Å². The van der Waals surface area contributed by atoms with Crippen LogP contribution in [0, 0.1) is 0 Å². The van der Waals surface area contributed by atoms with E-state index in [9.17, 15) is 14.4 Å². The molecular formula is C13H17N3O8. The molecule has 1 fully saturated rings. The Morgan fingerprint density at radius 1 is 1.42 bits per heavy atom. The fourth-order valence-corrected chi connectivity index (χ4v) is 2.29. The van der Waals surface area contributed by atoms with Crippen LogP contribution in [0.4, 0.5) is 5.82 Å². The molecule has 0 radical (unpaired) electrons. The summed E-state index contributed by atoms with van der Waals surface area (Å²) >= 11 is 0. The maximum atomic E-state index is 12.0. The summed E-state index contributed by atoms with van der Waals surface area (Å²) in [6, 6.07) is 1.19. The predicted octanol–water partition coefficient (Wildman–Crippen LogP) is -0.390. The Kier molecular flexibility index (Phi) is 5.49. The molecule has 1 saturated heterocycles. The SMILES string of the molecule is CC(=O)OC[C@H]1O[C@@H](n2ccc(N(O)O)nc2=O)C[C@@H]1OC(C)=O. The molecule has 3 atom stereocenters. The van der Waals surface area contributed by atoms with Crippen molar-refractivity contribution in [1.82, 2.24) is 9.55 Å². The summed E-state index contributed by atoms with van der Waals surface area (Å²) in [4.78, 5) is 37.5. The first-order chi connectivity index (χ1) is 11.3. The Balaban J connectivity index is 2.18. The first-order valence-corrected chi connectivity index (χ1v) is 7.01. The van der Waals surface area contributed by atoms with Crippen molar-refractivity contribution < 1.29 is 34.2 Å². The summed E-state index contributed by atoms with van der Waals surface area (Å²) in [6.07, 6.45) is -0.843. The lowest BCUT2D eigenvalue weighted by Crippen LogP contribution is -2.31. The van der Waals surface area contributed by atoms with Gasteiger partial charge in [0, 0.05) is 32.5 Å². The van der Waals surface area contributed by atoms with Gasteiger partial charge in [-0.1, -0.05) is 0 Å². The number of nitrogens with zero attached hydrogens (tertiary/aromatic N) is 3. The molecule has 1 aromatic rings. The second kappa shape index (κ2) is 7.38. The maximum absolute atomic E-state index is 12.0. The van der Waals surface area contributed by atoms with E-state index in [0.717, 1.165) is 4.57 Å². The summed E-state index contributed by atoms with van der Waals surface area (Å²) < 4.78 is 16.7. The molecular weight excluding hydrogens is 326 g/mol. The van der Waals surface area contributed by atoms with Gasteiger partial charge in [0.1, 0.15) is 25.0 Å². The van der Waals surface area contributed by atoms with Crippen LogP contribution < -0.4 is 10.9 Å². The van der Waals surface area contributed by atoms with Gasteiger partial charge >= 0.3 is 17.6 Å². The maximum Gasteiger partial charge on any atom is 0.351 e. The van der Waals surface area contributed by atoms with E-state index < -0.39 is 36.1 Å². The molecule has 0 spiro atoms. The zero-order chi connectivity index (χ0) is 17.9. The average Bonchev–Trinajstić information content (AvgIpc) is 2.86. The highest BCUT2D eigenvalue weighted by Gasteiger charge is 2.39. The van der Waals surface area contributed by atoms with Crippen LogP contribution in [0.3, 0.4) is 0 Å². The van der Waals surface area contributed by atoms with E-state index in [-0.39, 0.29) is 24.1 Å². The molecule has 0 saturated carbocycles. The van der Waals surface area contributed by atoms with Gasteiger partial charge in [-0.25, -0.2) is 4.79 Å². The minimum Gasteiger partial charge on any atom is -0.463 e. The molecule has 132 valence electrons. The lowest BCUT2D eigenvalue weighted by atomic mass is 10.2. The number of carbonyl (C=O) groups excluding carboxylic acids is 2. The zero-order valence-electron chi connectivity index (χ0n) is 13.0. The molecule has 0 aliphatic carbocycles. The quantitative estimate of drug-likeness (QED) is 0.536. The number of anilines is 1. The predicted molar refractivity (Wildman–Crippen MR) is 75.3 cm³/mol. The number of ether oxygens (including phenoxy) is 3. The summed E-state index contributed by atoms with van der Waals surface area (Å²) in [5.74, 6) is -1.41. The monoisotopic (exact) mass is 343 g/mol. The lowest BCUT2D eigenvalue weighted by molar-refractivity contribution is -0.155. The Hall–Kier alpha value is -2.50. The van der Waals surface area contributed by atoms with Crippen LogP contribution in [-0.2, 0) is 23.8 Å². The molecule has 0 amide bonds. The van der Waals surface area contributed by atoms with Crippen molar-refractivity contribution in [3.05, 3.63) is 22.7 Å². The van der Waals surface area contributed by atoms with Crippen molar-refractivity contribution in [2.24, 2.45) is 0 Å². The summed E-state index contributed by atoms with van der Waals surface area (Å²) in [5, 5.41) is 17.4. The second-order valence-corrected chi connectivity index (χ2v) is 5.08. The van der Waals surface area contributed by atoms with Crippen LogP contribution in [0.1, 0.15) is 26.5 Å². The minimum atomic E-state index is -0.810. The van der Waals surface area contributed by atoms with Gasteiger partial charge in [-0.05, 0) is 0 Å². The standard InChI is InChI=1S/C13H17N3O8/c1-7(17)22-6-10-9(23-8(2)18)5-12(24-10)15-4-3-11(16(20)21)14-13(15)19/h3-4,9-10,12,20-21H,5-6H2,1-2H3/t9-,10+,12+/m0/s1. The summed E-state index contributed by atoms with van der Waals surface area (Å²) in [6.45, 7) is 2.33. The Morgan fingerprint density at radius 2 is 2.12 bits per heavy atom. The summed E-state index contributed by atoms with van der Waals surface area (Å²) in [5.41, 5.74) is -0.791. The van der Waals surface area contributed by atoms with E-state index >= 15 is 0 Å². The number of aromatic nitrogens is 2. The zero-order valence-corrected chi connectivity index (χ0v) is 13.0. The van der Waals surface area contributed by atoms with Crippen LogP contribution in [0.2, 0.25) is 0 Å². The van der Waals surface area contributed by atoms with Crippen molar-refractivity contribution in [3.8, 4) is 0 Å². The Labute approximate surface area is 135 Å². The van der Waals surface area contributed by atoms with E-state index in [1.807, 2.05) is 0 Å². The van der Waals surface area contributed by atoms with E-state index in [1.165, 1.54) is 26.1 Å². The molecule has 11 heteroatoms. The van der Waals surface area contributed by atoms with Crippen molar-refractivity contribution in [1.29, 1.82) is 0 Å². The highest BCUT2D eigenvalue weighted by molar-refractivity contribution is 5.66. The normalized spacial score (nSPS) is 22.9. The fourth-order valence-electron chi connectivity index (χ4n) is 2.29. The van der Waals surface area contributed by atoms with E-state index in [0.29, 0.717) is 0 Å². The minimum absolute atomic E-state index is 0.134. The number of esters is 2.